The summed E-state index contributed by atoms with van der Waals surface area (Å²) < 4.78 is 0. The summed E-state index contributed by atoms with van der Waals surface area (Å²) in [4.78, 5) is 25.7. The number of nitrogens with two attached hydrogens (primary N) is 1. The standard InChI is InChI=1S/C21H37N5O2/c1-26-19(28)21(25-20(26)23,11-10-15-6-3-2-4-7-15)13-16-8-5-9-17(12-16)24-14-18(22)27/h15-17,24H,2-14H2,1H3,(H2,22,27)(H2,23,25)/t16-,17+,21+/m0/s1. The van der Waals surface area contributed by atoms with Crippen molar-refractivity contribution in [3.05, 3.63) is 0 Å². The maximum Gasteiger partial charge on any atom is 0.254 e. The van der Waals surface area contributed by atoms with Gasteiger partial charge >= 0.3 is 0 Å². The van der Waals surface area contributed by atoms with Crippen molar-refractivity contribution < 1.29 is 9.59 Å². The Balaban J connectivity index is 1.64. The van der Waals surface area contributed by atoms with E-state index in [-0.39, 0.29) is 30.4 Å². The van der Waals surface area contributed by atoms with E-state index in [1.165, 1.54) is 37.0 Å². The van der Waals surface area contributed by atoms with Crippen LogP contribution in [-0.2, 0) is 9.59 Å². The number of guanidine groups is 1. The van der Waals surface area contributed by atoms with E-state index in [9.17, 15) is 9.59 Å². The quantitative estimate of drug-likeness (QED) is 0.508. The molecule has 0 aromatic rings. The van der Waals surface area contributed by atoms with E-state index in [4.69, 9.17) is 11.1 Å². The predicted molar refractivity (Wildman–Crippen MR) is 110 cm³/mol. The summed E-state index contributed by atoms with van der Waals surface area (Å²) in [7, 11) is 1.71. The molecule has 2 aliphatic carbocycles. The number of rotatable bonds is 8. The van der Waals surface area contributed by atoms with Crippen LogP contribution in [0.3, 0.4) is 0 Å². The zero-order valence-corrected chi connectivity index (χ0v) is 17.3. The molecule has 7 nitrogen and oxygen atoms in total. The first kappa shape index (κ1) is 21.1. The molecule has 3 rings (SSSR count). The normalized spacial score (nSPS) is 31.8. The highest BCUT2D eigenvalue weighted by molar-refractivity contribution is 6.07. The van der Waals surface area contributed by atoms with Crippen LogP contribution in [0.1, 0.15) is 77.0 Å². The number of nitrogens with zero attached hydrogens (tertiary/aromatic N) is 1. The first-order valence-corrected chi connectivity index (χ1v) is 11.1. The van der Waals surface area contributed by atoms with Crippen molar-refractivity contribution in [2.45, 2.75) is 88.6 Å². The van der Waals surface area contributed by atoms with Crippen LogP contribution < -0.4 is 16.4 Å². The molecule has 1 saturated heterocycles. The van der Waals surface area contributed by atoms with Gasteiger partial charge in [-0.15, -0.1) is 0 Å². The fourth-order valence-corrected chi connectivity index (χ4v) is 5.52. The summed E-state index contributed by atoms with van der Waals surface area (Å²) in [5.74, 6) is 1.10. The Morgan fingerprint density at radius 1 is 1.21 bits per heavy atom. The molecular weight excluding hydrogens is 354 g/mol. The summed E-state index contributed by atoms with van der Waals surface area (Å²) in [5.41, 5.74) is 4.65. The minimum Gasteiger partial charge on any atom is -0.369 e. The topological polar surface area (TPSA) is 111 Å². The van der Waals surface area contributed by atoms with Gasteiger partial charge in [-0.05, 0) is 43.9 Å². The van der Waals surface area contributed by atoms with Crippen LogP contribution in [0.25, 0.3) is 0 Å². The first-order valence-electron chi connectivity index (χ1n) is 11.1. The molecule has 0 radical (unpaired) electrons. The van der Waals surface area contributed by atoms with Gasteiger partial charge in [-0.1, -0.05) is 44.9 Å². The van der Waals surface area contributed by atoms with Crippen LogP contribution in [0.5, 0.6) is 0 Å². The molecule has 3 aliphatic rings. The van der Waals surface area contributed by atoms with Gasteiger partial charge in [-0.2, -0.15) is 0 Å². The van der Waals surface area contributed by atoms with Gasteiger partial charge < -0.3 is 16.4 Å². The minimum atomic E-state index is -0.625. The molecule has 3 fully saturated rings. The predicted octanol–water partition coefficient (Wildman–Crippen LogP) is 2.11. The Kier molecular flexibility index (Phi) is 6.96. The van der Waals surface area contributed by atoms with Gasteiger partial charge in [0.05, 0.1) is 6.54 Å². The van der Waals surface area contributed by atoms with Crippen molar-refractivity contribution in [3.63, 3.8) is 0 Å². The molecule has 1 heterocycles. The van der Waals surface area contributed by atoms with Gasteiger partial charge in [0.15, 0.2) is 5.96 Å². The maximum absolute atomic E-state index is 13.1. The van der Waals surface area contributed by atoms with Gasteiger partial charge in [-0.25, -0.2) is 0 Å². The average Bonchev–Trinajstić information content (AvgIpc) is 2.90. The molecule has 2 saturated carbocycles. The van der Waals surface area contributed by atoms with Crippen LogP contribution in [-0.4, -0.2) is 47.8 Å². The molecule has 3 atom stereocenters. The highest BCUT2D eigenvalue weighted by Crippen LogP contribution is 2.38. The summed E-state index contributed by atoms with van der Waals surface area (Å²) in [6.07, 6.45) is 13.4. The molecular formula is C21H37N5O2. The van der Waals surface area contributed by atoms with Gasteiger partial charge in [-0.3, -0.25) is 19.9 Å². The van der Waals surface area contributed by atoms with Gasteiger partial charge in [0.25, 0.3) is 5.91 Å². The number of hydrogen-bond donors (Lipinski definition) is 4. The number of likely N-dealkylation sites (N-methyl/N-ethyl adjacent to an activating group) is 1. The third-order valence-corrected chi connectivity index (χ3v) is 7.10. The summed E-state index contributed by atoms with van der Waals surface area (Å²) in [6.45, 7) is 0.217. The minimum absolute atomic E-state index is 0.0560. The molecule has 0 aromatic heterocycles. The Labute approximate surface area is 168 Å². The lowest BCUT2D eigenvalue weighted by Gasteiger charge is -2.36. The van der Waals surface area contributed by atoms with Crippen molar-refractivity contribution >= 4 is 17.8 Å². The van der Waals surface area contributed by atoms with Crippen molar-refractivity contribution in [3.8, 4) is 0 Å². The Morgan fingerprint density at radius 3 is 2.57 bits per heavy atom. The molecule has 0 spiro atoms. The van der Waals surface area contributed by atoms with Crippen molar-refractivity contribution in [2.24, 2.45) is 17.6 Å². The smallest absolute Gasteiger partial charge is 0.254 e. The van der Waals surface area contributed by atoms with E-state index >= 15 is 0 Å². The average molecular weight is 392 g/mol. The van der Waals surface area contributed by atoms with E-state index in [1.54, 1.807) is 7.05 Å². The van der Waals surface area contributed by atoms with Crippen molar-refractivity contribution in [1.82, 2.24) is 15.5 Å². The van der Waals surface area contributed by atoms with Crippen molar-refractivity contribution in [2.75, 3.05) is 13.6 Å². The number of primary amides is 1. The SMILES string of the molecule is CN1C(=N)N[C@](CCC2CCCCC2)(C[C@H]2CCC[C@@H](NCC(N)=O)C2)C1=O. The van der Waals surface area contributed by atoms with E-state index in [0.717, 1.165) is 50.9 Å². The zero-order chi connectivity index (χ0) is 20.1. The lowest BCUT2D eigenvalue weighted by atomic mass is 9.74. The zero-order valence-electron chi connectivity index (χ0n) is 17.3. The Hall–Kier alpha value is -1.63. The molecule has 0 aromatic carbocycles. The summed E-state index contributed by atoms with van der Waals surface area (Å²) in [6, 6.07) is 0.287. The number of nitrogens with one attached hydrogen (secondary N) is 3. The molecule has 2 amide bonds. The third-order valence-electron chi connectivity index (χ3n) is 7.10. The molecule has 28 heavy (non-hydrogen) atoms. The molecule has 1 aliphatic heterocycles. The van der Waals surface area contributed by atoms with Crippen LogP contribution in [0.4, 0.5) is 0 Å². The van der Waals surface area contributed by atoms with Crippen LogP contribution in [0.15, 0.2) is 0 Å². The van der Waals surface area contributed by atoms with Gasteiger partial charge in [0.2, 0.25) is 5.91 Å². The van der Waals surface area contributed by atoms with Crippen LogP contribution in [0.2, 0.25) is 0 Å². The molecule has 5 N–H and O–H groups in total. The van der Waals surface area contributed by atoms with Crippen LogP contribution in [0, 0.1) is 17.2 Å². The third kappa shape index (κ3) is 5.04. The second kappa shape index (κ2) is 9.25. The number of carbonyl (C=O) groups excluding carboxylic acids is 2. The number of hydrogen-bond acceptors (Lipinski definition) is 4. The Bertz CT molecular complexity index is 589. The lowest BCUT2D eigenvalue weighted by Crippen LogP contribution is -2.50. The largest absolute Gasteiger partial charge is 0.369 e. The highest BCUT2D eigenvalue weighted by Gasteiger charge is 2.49. The van der Waals surface area contributed by atoms with Crippen molar-refractivity contribution in [1.29, 1.82) is 5.41 Å². The fourth-order valence-electron chi connectivity index (χ4n) is 5.52. The number of carbonyl (C=O) groups is 2. The monoisotopic (exact) mass is 391 g/mol. The van der Waals surface area contributed by atoms with E-state index in [1.807, 2.05) is 0 Å². The van der Waals surface area contributed by atoms with E-state index in [0.29, 0.717) is 5.92 Å². The molecule has 7 heteroatoms. The molecule has 158 valence electrons. The fraction of sp³-hybridized carbons (Fsp3) is 0.857. The second-order valence-corrected chi connectivity index (χ2v) is 9.24. The van der Waals surface area contributed by atoms with E-state index in [2.05, 4.69) is 10.6 Å². The summed E-state index contributed by atoms with van der Waals surface area (Å²) in [5, 5.41) is 14.7. The lowest BCUT2D eigenvalue weighted by molar-refractivity contribution is -0.131. The Morgan fingerprint density at radius 2 is 1.93 bits per heavy atom. The first-order chi connectivity index (χ1) is 13.4. The van der Waals surface area contributed by atoms with Crippen LogP contribution >= 0.6 is 0 Å². The summed E-state index contributed by atoms with van der Waals surface area (Å²) >= 11 is 0. The van der Waals surface area contributed by atoms with Gasteiger partial charge in [0.1, 0.15) is 5.54 Å². The molecule has 0 bridgehead atoms. The van der Waals surface area contributed by atoms with Gasteiger partial charge in [0, 0.05) is 13.1 Å². The van der Waals surface area contributed by atoms with E-state index < -0.39 is 5.54 Å². The number of amides is 2. The maximum atomic E-state index is 13.1. The second-order valence-electron chi connectivity index (χ2n) is 9.24. The highest BCUT2D eigenvalue weighted by atomic mass is 16.2. The molecule has 0 unspecified atom stereocenters.